The van der Waals surface area contributed by atoms with Crippen LogP contribution in [0.15, 0.2) is 47.5 Å². The average molecular weight is 423 g/mol. The van der Waals surface area contributed by atoms with Gasteiger partial charge in [0.2, 0.25) is 0 Å². The molecule has 0 N–H and O–H groups in total. The molecule has 27 heavy (non-hydrogen) atoms. The van der Waals surface area contributed by atoms with E-state index in [1.165, 1.54) is 29.5 Å². The summed E-state index contributed by atoms with van der Waals surface area (Å²) >= 11 is 13.7. The number of hydrogen-bond donors (Lipinski definition) is 0. The van der Waals surface area contributed by atoms with Crippen molar-refractivity contribution in [3.8, 4) is 11.3 Å². The lowest BCUT2D eigenvalue weighted by Gasteiger charge is -2.09. The van der Waals surface area contributed by atoms with Gasteiger partial charge in [0.25, 0.3) is 5.91 Å². The van der Waals surface area contributed by atoms with Crippen molar-refractivity contribution in [2.75, 3.05) is 0 Å². The molecule has 2 aromatic carbocycles. The van der Waals surface area contributed by atoms with Crippen LogP contribution in [0.1, 0.15) is 29.1 Å². The maximum atomic E-state index is 13.4. The van der Waals surface area contributed by atoms with Gasteiger partial charge in [0.05, 0.1) is 15.7 Å². The highest BCUT2D eigenvalue weighted by atomic mass is 35.5. The Morgan fingerprint density at radius 2 is 1.93 bits per heavy atom. The molecule has 0 aliphatic carbocycles. The van der Waals surface area contributed by atoms with Crippen LogP contribution in [-0.2, 0) is 13.0 Å². The van der Waals surface area contributed by atoms with Gasteiger partial charge in [-0.2, -0.15) is 4.99 Å². The third kappa shape index (κ3) is 4.15. The van der Waals surface area contributed by atoms with Gasteiger partial charge in [-0.3, -0.25) is 4.79 Å². The molecule has 3 rings (SSSR count). The van der Waals surface area contributed by atoms with Gasteiger partial charge >= 0.3 is 0 Å². The maximum absolute atomic E-state index is 13.4. The molecular formula is C20H17Cl2FN2OS. The van der Waals surface area contributed by atoms with Gasteiger partial charge in [0.1, 0.15) is 5.82 Å². The highest BCUT2D eigenvalue weighted by Crippen LogP contribution is 2.31. The Bertz CT molecular complexity index is 1070. The number of halogens is 3. The lowest BCUT2D eigenvalue weighted by molar-refractivity contribution is 0.0997. The lowest BCUT2D eigenvalue weighted by Crippen LogP contribution is -2.17. The monoisotopic (exact) mass is 422 g/mol. The van der Waals surface area contributed by atoms with Crippen LogP contribution in [0.2, 0.25) is 10.0 Å². The third-order valence-corrected chi connectivity index (χ3v) is 6.04. The summed E-state index contributed by atoms with van der Waals surface area (Å²) < 4.78 is 15.4. The minimum Gasteiger partial charge on any atom is -0.316 e. The van der Waals surface area contributed by atoms with Crippen LogP contribution in [0.25, 0.3) is 11.3 Å². The van der Waals surface area contributed by atoms with Gasteiger partial charge < -0.3 is 4.57 Å². The van der Waals surface area contributed by atoms with Crippen LogP contribution in [0.3, 0.4) is 0 Å². The van der Waals surface area contributed by atoms with E-state index >= 15 is 0 Å². The smallest absolute Gasteiger partial charge is 0.279 e. The van der Waals surface area contributed by atoms with Crippen LogP contribution in [0, 0.1) is 5.82 Å². The highest BCUT2D eigenvalue weighted by molar-refractivity contribution is 7.09. The number of thiazole rings is 1. The molecule has 0 unspecified atom stereocenters. The van der Waals surface area contributed by atoms with Crippen LogP contribution < -0.4 is 4.80 Å². The summed E-state index contributed by atoms with van der Waals surface area (Å²) in [4.78, 5) is 18.4. The molecule has 7 heteroatoms. The molecular weight excluding hydrogens is 406 g/mol. The van der Waals surface area contributed by atoms with E-state index in [4.69, 9.17) is 23.2 Å². The number of rotatable bonds is 4. The van der Waals surface area contributed by atoms with E-state index in [1.807, 2.05) is 30.5 Å². The van der Waals surface area contributed by atoms with Crippen molar-refractivity contribution in [2.24, 2.45) is 4.99 Å². The molecule has 0 aliphatic rings. The molecule has 0 fully saturated rings. The van der Waals surface area contributed by atoms with Crippen LogP contribution in [-0.4, -0.2) is 10.5 Å². The van der Waals surface area contributed by atoms with Gasteiger partial charge in [-0.15, -0.1) is 11.3 Å². The first-order valence-corrected chi connectivity index (χ1v) is 10.0. The quantitative estimate of drug-likeness (QED) is 0.508. The summed E-state index contributed by atoms with van der Waals surface area (Å²) in [6.07, 6.45) is 0.782. The van der Waals surface area contributed by atoms with E-state index in [1.54, 1.807) is 12.1 Å². The predicted octanol–water partition coefficient (Wildman–Crippen LogP) is 5.99. The van der Waals surface area contributed by atoms with Crippen LogP contribution in [0.4, 0.5) is 4.39 Å². The van der Waals surface area contributed by atoms with Crippen molar-refractivity contribution in [2.45, 2.75) is 26.8 Å². The predicted molar refractivity (Wildman–Crippen MR) is 109 cm³/mol. The fourth-order valence-electron chi connectivity index (χ4n) is 2.81. The van der Waals surface area contributed by atoms with E-state index in [0.717, 1.165) is 22.6 Å². The topological polar surface area (TPSA) is 34.4 Å². The number of hydrogen-bond acceptors (Lipinski definition) is 2. The van der Waals surface area contributed by atoms with Crippen molar-refractivity contribution in [1.82, 2.24) is 4.57 Å². The molecule has 1 amide bonds. The van der Waals surface area contributed by atoms with Crippen LogP contribution in [0.5, 0.6) is 0 Å². The number of benzene rings is 2. The van der Waals surface area contributed by atoms with Crippen molar-refractivity contribution >= 4 is 40.4 Å². The SMILES string of the molecule is CCc1sc(=NC(=O)c2cccc(F)c2)n(CC)c1-c1ccc(Cl)c(Cl)c1. The first-order valence-electron chi connectivity index (χ1n) is 8.47. The summed E-state index contributed by atoms with van der Waals surface area (Å²) in [6, 6.07) is 11.0. The standard InChI is InChI=1S/C20H17Cl2FN2OS/c1-3-17-18(12-8-9-15(21)16(22)11-12)25(4-2)20(27-17)24-19(26)13-6-5-7-14(23)10-13/h5-11H,3-4H2,1-2H3. The Hall–Kier alpha value is -1.95. The van der Waals surface area contributed by atoms with Gasteiger partial charge in [0.15, 0.2) is 4.80 Å². The molecule has 0 bridgehead atoms. The molecule has 0 saturated carbocycles. The molecule has 0 atom stereocenters. The Kier molecular flexibility index (Phi) is 6.15. The highest BCUT2D eigenvalue weighted by Gasteiger charge is 2.16. The Morgan fingerprint density at radius 1 is 1.15 bits per heavy atom. The molecule has 0 radical (unpaired) electrons. The molecule has 1 aromatic heterocycles. The average Bonchev–Trinajstić information content (AvgIpc) is 3.01. The zero-order valence-electron chi connectivity index (χ0n) is 14.8. The fourth-order valence-corrected chi connectivity index (χ4v) is 4.26. The van der Waals surface area contributed by atoms with E-state index < -0.39 is 11.7 Å². The maximum Gasteiger partial charge on any atom is 0.279 e. The zero-order chi connectivity index (χ0) is 19.6. The normalized spacial score (nSPS) is 11.8. The summed E-state index contributed by atoms with van der Waals surface area (Å²) in [5.74, 6) is -0.933. The second-order valence-corrected chi connectivity index (χ2v) is 7.69. The van der Waals surface area contributed by atoms with E-state index in [9.17, 15) is 9.18 Å². The summed E-state index contributed by atoms with van der Waals surface area (Å²) in [6.45, 7) is 4.66. The van der Waals surface area contributed by atoms with Gasteiger partial charge in [0, 0.05) is 22.5 Å². The summed E-state index contributed by atoms with van der Waals surface area (Å²) in [5, 5.41) is 0.960. The van der Waals surface area contributed by atoms with Crippen LogP contribution >= 0.6 is 34.5 Å². The molecule has 3 nitrogen and oxygen atoms in total. The van der Waals surface area contributed by atoms with Gasteiger partial charge in [-0.25, -0.2) is 4.39 Å². The van der Waals surface area contributed by atoms with Crippen molar-refractivity contribution in [1.29, 1.82) is 0 Å². The summed E-state index contributed by atoms with van der Waals surface area (Å²) in [5.41, 5.74) is 2.11. The lowest BCUT2D eigenvalue weighted by atomic mass is 10.1. The van der Waals surface area contributed by atoms with E-state index in [-0.39, 0.29) is 5.56 Å². The number of nitrogens with zero attached hydrogens (tertiary/aromatic N) is 2. The fraction of sp³-hybridized carbons (Fsp3) is 0.200. The van der Waals surface area contributed by atoms with E-state index in [0.29, 0.717) is 21.4 Å². The Balaban J connectivity index is 2.16. The van der Waals surface area contributed by atoms with Crippen molar-refractivity contribution in [3.05, 3.63) is 73.6 Å². The molecule has 140 valence electrons. The third-order valence-electron chi connectivity index (χ3n) is 4.08. The minimum atomic E-state index is -0.471. The van der Waals surface area contributed by atoms with Gasteiger partial charge in [-0.1, -0.05) is 42.3 Å². The number of aryl methyl sites for hydroxylation is 1. The summed E-state index contributed by atoms with van der Waals surface area (Å²) in [7, 11) is 0. The molecule has 1 heterocycles. The van der Waals surface area contributed by atoms with Gasteiger partial charge in [-0.05, 0) is 43.7 Å². The van der Waals surface area contributed by atoms with Crippen molar-refractivity contribution < 1.29 is 9.18 Å². The first kappa shape index (κ1) is 19.8. The van der Waals surface area contributed by atoms with E-state index in [2.05, 4.69) is 4.99 Å². The van der Waals surface area contributed by atoms with Crippen molar-refractivity contribution in [3.63, 3.8) is 0 Å². The molecule has 0 aliphatic heterocycles. The second kappa shape index (κ2) is 8.38. The second-order valence-electron chi connectivity index (χ2n) is 5.81. The molecule has 3 aromatic rings. The minimum absolute atomic E-state index is 0.222. The number of carbonyl (C=O) groups is 1. The Morgan fingerprint density at radius 3 is 2.56 bits per heavy atom. The number of aromatic nitrogens is 1. The number of amides is 1. The zero-order valence-corrected chi connectivity index (χ0v) is 17.1. The largest absolute Gasteiger partial charge is 0.316 e. The molecule has 0 saturated heterocycles. The molecule has 0 spiro atoms. The first-order chi connectivity index (χ1) is 12.9. The number of carbonyl (C=O) groups excluding carboxylic acids is 1. The Labute approximate surface area is 170 Å².